The van der Waals surface area contributed by atoms with E-state index in [1.807, 2.05) is 42.5 Å². The number of hydrogen-bond donors (Lipinski definition) is 3. The first-order valence-electron chi connectivity index (χ1n) is 13.6. The molecule has 2 aromatic rings. The van der Waals surface area contributed by atoms with Crippen molar-refractivity contribution < 1.29 is 19.5 Å². The highest BCUT2D eigenvalue weighted by molar-refractivity contribution is 5.86. The Morgan fingerprint density at radius 3 is 2.47 bits per heavy atom. The summed E-state index contributed by atoms with van der Waals surface area (Å²) in [4.78, 5) is 42.9. The molecule has 1 saturated heterocycles. The maximum absolute atomic E-state index is 13.5. The minimum atomic E-state index is -0.872. The number of carbonyl (C=O) groups excluding carboxylic acids is 3. The van der Waals surface area contributed by atoms with Crippen LogP contribution >= 0.6 is 12.4 Å². The van der Waals surface area contributed by atoms with Gasteiger partial charge in [-0.2, -0.15) is 0 Å². The molecular formula is C29H43ClN4O4. The minimum Gasteiger partial charge on any atom is -0.390 e. The highest BCUT2D eigenvalue weighted by Crippen LogP contribution is 2.28. The lowest BCUT2D eigenvalue weighted by Crippen LogP contribution is -2.57. The first-order chi connectivity index (χ1) is 17.9. The van der Waals surface area contributed by atoms with E-state index in [9.17, 15) is 19.5 Å². The van der Waals surface area contributed by atoms with Gasteiger partial charge in [0.15, 0.2) is 0 Å². The van der Waals surface area contributed by atoms with Crippen LogP contribution in [-0.4, -0.2) is 71.1 Å². The lowest BCUT2D eigenvalue weighted by Gasteiger charge is -2.38. The molecule has 0 saturated carbocycles. The van der Waals surface area contributed by atoms with E-state index >= 15 is 0 Å². The van der Waals surface area contributed by atoms with Gasteiger partial charge in [-0.3, -0.25) is 14.4 Å². The lowest BCUT2D eigenvalue weighted by atomic mass is 9.96. The molecule has 0 spiro atoms. The summed E-state index contributed by atoms with van der Waals surface area (Å²) in [6.07, 6.45) is 4.52. The van der Waals surface area contributed by atoms with Crippen molar-refractivity contribution in [2.45, 2.75) is 77.1 Å². The smallest absolute Gasteiger partial charge is 0.243 e. The molecule has 0 aromatic heterocycles. The molecular weight excluding hydrogens is 504 g/mol. The Balaban J connectivity index is 0.00000507. The second-order valence-electron chi connectivity index (χ2n) is 10.0. The number of likely N-dealkylation sites (tertiary alicyclic amines) is 1. The number of aliphatic hydroxyl groups is 1. The van der Waals surface area contributed by atoms with Gasteiger partial charge < -0.3 is 26.0 Å². The van der Waals surface area contributed by atoms with Crippen LogP contribution in [0.3, 0.4) is 0 Å². The van der Waals surface area contributed by atoms with Crippen molar-refractivity contribution in [3.8, 4) is 0 Å². The zero-order chi connectivity index (χ0) is 26.8. The third-order valence-corrected chi connectivity index (χ3v) is 7.28. The van der Waals surface area contributed by atoms with Crippen LogP contribution < -0.4 is 11.1 Å². The van der Waals surface area contributed by atoms with Crippen molar-refractivity contribution in [1.29, 1.82) is 0 Å². The van der Waals surface area contributed by atoms with Gasteiger partial charge in [-0.1, -0.05) is 69.2 Å². The summed E-state index contributed by atoms with van der Waals surface area (Å²) in [7, 11) is 0. The van der Waals surface area contributed by atoms with Crippen LogP contribution in [0.5, 0.6) is 0 Å². The Morgan fingerprint density at radius 1 is 1.16 bits per heavy atom. The Bertz CT molecular complexity index is 1050. The summed E-state index contributed by atoms with van der Waals surface area (Å²) in [5, 5.41) is 14.8. The third-order valence-electron chi connectivity index (χ3n) is 7.28. The molecule has 4 N–H and O–H groups in total. The SMILES string of the molecule is CCCC(CCC)C(=O)N1CCCC1N(C=O)[C@H](Cc1ccc2ccccc2c1)C(=O)NCC(O)CN.Cl. The first kappa shape index (κ1) is 31.5. The molecule has 210 valence electrons. The van der Waals surface area contributed by atoms with Gasteiger partial charge in [0.2, 0.25) is 18.2 Å². The number of aliphatic hydroxyl groups excluding tert-OH is 1. The summed E-state index contributed by atoms with van der Waals surface area (Å²) in [6.45, 7) is 4.75. The van der Waals surface area contributed by atoms with Gasteiger partial charge in [-0.15, -0.1) is 12.4 Å². The van der Waals surface area contributed by atoms with Crippen LogP contribution in [-0.2, 0) is 20.8 Å². The second-order valence-corrected chi connectivity index (χ2v) is 10.0. The highest BCUT2D eigenvalue weighted by atomic mass is 35.5. The molecule has 3 amide bonds. The van der Waals surface area contributed by atoms with Crippen molar-refractivity contribution in [1.82, 2.24) is 15.1 Å². The van der Waals surface area contributed by atoms with Gasteiger partial charge in [0.25, 0.3) is 0 Å². The van der Waals surface area contributed by atoms with Gasteiger partial charge in [0.1, 0.15) is 12.2 Å². The van der Waals surface area contributed by atoms with Crippen molar-refractivity contribution in [3.63, 3.8) is 0 Å². The molecule has 1 aliphatic rings. The summed E-state index contributed by atoms with van der Waals surface area (Å²) < 4.78 is 0. The van der Waals surface area contributed by atoms with E-state index in [0.29, 0.717) is 25.8 Å². The van der Waals surface area contributed by atoms with Crippen molar-refractivity contribution in [3.05, 3.63) is 48.0 Å². The van der Waals surface area contributed by atoms with E-state index in [1.54, 1.807) is 4.90 Å². The van der Waals surface area contributed by atoms with Gasteiger partial charge >= 0.3 is 0 Å². The molecule has 0 bridgehead atoms. The number of benzene rings is 2. The van der Waals surface area contributed by atoms with Crippen LogP contribution in [0.2, 0.25) is 0 Å². The fourth-order valence-corrected chi connectivity index (χ4v) is 5.33. The van der Waals surface area contributed by atoms with Crippen LogP contribution in [0, 0.1) is 5.92 Å². The van der Waals surface area contributed by atoms with E-state index in [-0.39, 0.29) is 43.2 Å². The quantitative estimate of drug-likeness (QED) is 0.315. The zero-order valence-corrected chi connectivity index (χ0v) is 23.4. The molecule has 8 nitrogen and oxygen atoms in total. The van der Waals surface area contributed by atoms with Gasteiger partial charge in [-0.25, -0.2) is 0 Å². The molecule has 1 heterocycles. The van der Waals surface area contributed by atoms with Crippen LogP contribution in [0.25, 0.3) is 10.8 Å². The Hall–Kier alpha value is -2.68. The van der Waals surface area contributed by atoms with Gasteiger partial charge in [0, 0.05) is 32.0 Å². The highest BCUT2D eigenvalue weighted by Gasteiger charge is 2.40. The molecule has 0 radical (unpaired) electrons. The van der Waals surface area contributed by atoms with Crippen LogP contribution in [0.15, 0.2) is 42.5 Å². The summed E-state index contributed by atoms with van der Waals surface area (Å²) in [6, 6.07) is 13.2. The number of carbonyl (C=O) groups is 3. The molecule has 2 unspecified atom stereocenters. The molecule has 1 aliphatic heterocycles. The molecule has 0 aliphatic carbocycles. The van der Waals surface area contributed by atoms with E-state index in [2.05, 4.69) is 19.2 Å². The summed E-state index contributed by atoms with van der Waals surface area (Å²) >= 11 is 0. The second kappa shape index (κ2) is 15.7. The molecule has 9 heteroatoms. The van der Waals surface area contributed by atoms with Crippen molar-refractivity contribution in [2.24, 2.45) is 11.7 Å². The van der Waals surface area contributed by atoms with E-state index in [1.165, 1.54) is 4.90 Å². The number of nitrogens with one attached hydrogen (secondary N) is 1. The topological polar surface area (TPSA) is 116 Å². The maximum Gasteiger partial charge on any atom is 0.243 e. The Labute approximate surface area is 232 Å². The number of fused-ring (bicyclic) bond motifs is 1. The van der Waals surface area contributed by atoms with E-state index in [4.69, 9.17) is 5.73 Å². The van der Waals surface area contributed by atoms with Gasteiger partial charge in [-0.05, 0) is 42.0 Å². The largest absolute Gasteiger partial charge is 0.390 e. The third kappa shape index (κ3) is 7.91. The number of nitrogens with two attached hydrogens (primary N) is 1. The first-order valence-corrected chi connectivity index (χ1v) is 13.6. The maximum atomic E-state index is 13.5. The predicted octanol–water partition coefficient (Wildman–Crippen LogP) is 3.23. The number of amides is 3. The fraction of sp³-hybridized carbons (Fsp3) is 0.552. The van der Waals surface area contributed by atoms with E-state index in [0.717, 1.165) is 48.4 Å². The molecule has 3 rings (SSSR count). The number of rotatable bonds is 14. The molecule has 1 fully saturated rings. The van der Waals surface area contributed by atoms with Crippen LogP contribution in [0.1, 0.15) is 57.9 Å². The van der Waals surface area contributed by atoms with Crippen LogP contribution in [0.4, 0.5) is 0 Å². The summed E-state index contributed by atoms with van der Waals surface area (Å²) in [5.74, 6) is -0.372. The summed E-state index contributed by atoms with van der Waals surface area (Å²) in [5.41, 5.74) is 6.43. The Kier molecular flexibility index (Phi) is 13.0. The monoisotopic (exact) mass is 546 g/mol. The average Bonchev–Trinajstić information content (AvgIpc) is 3.40. The Morgan fingerprint density at radius 2 is 1.84 bits per heavy atom. The predicted molar refractivity (Wildman–Crippen MR) is 153 cm³/mol. The fourth-order valence-electron chi connectivity index (χ4n) is 5.33. The van der Waals surface area contributed by atoms with Crippen molar-refractivity contribution in [2.75, 3.05) is 19.6 Å². The molecule has 38 heavy (non-hydrogen) atoms. The molecule has 2 aromatic carbocycles. The number of hydrogen-bond acceptors (Lipinski definition) is 5. The molecule has 3 atom stereocenters. The van der Waals surface area contributed by atoms with Gasteiger partial charge in [0.05, 0.1) is 6.10 Å². The lowest BCUT2D eigenvalue weighted by molar-refractivity contribution is -0.148. The van der Waals surface area contributed by atoms with Crippen molar-refractivity contribution >= 4 is 41.4 Å². The standard InChI is InChI=1S/C29H42N4O4.ClH/c1-3-8-23(9-4-2)29(37)32-15-7-12-27(32)33(20-34)26(28(36)31-19-25(35)18-30)17-21-13-14-22-10-5-6-11-24(22)16-21;/h5-6,10-11,13-14,16,20,23,25-27,35H,3-4,7-9,12,15,17-19,30H2,1-2H3,(H,31,36);1H/t25?,26-,27?;/m1./s1. The zero-order valence-electron chi connectivity index (χ0n) is 22.6. The minimum absolute atomic E-state index is 0. The van der Waals surface area contributed by atoms with E-state index < -0.39 is 18.3 Å². The normalized spacial score (nSPS) is 16.7. The number of halogens is 1. The average molecular weight is 547 g/mol. The number of nitrogens with zero attached hydrogens (tertiary/aromatic N) is 2.